The molecule has 0 atom stereocenters. The van der Waals surface area contributed by atoms with Crippen LogP contribution in [0.15, 0.2) is 29.2 Å². The SMILES string of the molecule is CC1CCC(CCNC(=O)c2cccc(S)c2)CC1. The Bertz CT molecular complexity index is 425. The van der Waals surface area contributed by atoms with E-state index in [-0.39, 0.29) is 5.91 Å². The number of rotatable bonds is 4. The van der Waals surface area contributed by atoms with Crippen molar-refractivity contribution in [2.45, 2.75) is 43.9 Å². The number of hydrogen-bond donors (Lipinski definition) is 2. The fraction of sp³-hybridized carbons (Fsp3) is 0.562. The van der Waals surface area contributed by atoms with Crippen LogP contribution in [-0.4, -0.2) is 12.5 Å². The van der Waals surface area contributed by atoms with Gasteiger partial charge in [0, 0.05) is 17.0 Å². The van der Waals surface area contributed by atoms with E-state index in [0.717, 1.165) is 29.7 Å². The van der Waals surface area contributed by atoms with Crippen molar-refractivity contribution in [1.82, 2.24) is 5.32 Å². The largest absolute Gasteiger partial charge is 0.352 e. The summed E-state index contributed by atoms with van der Waals surface area (Å²) >= 11 is 4.25. The van der Waals surface area contributed by atoms with Crippen molar-refractivity contribution in [2.75, 3.05) is 6.54 Å². The first-order valence-corrected chi connectivity index (χ1v) is 7.67. The average Bonchev–Trinajstić information content (AvgIpc) is 2.41. The van der Waals surface area contributed by atoms with Crippen molar-refractivity contribution in [2.24, 2.45) is 11.8 Å². The fourth-order valence-corrected chi connectivity index (χ4v) is 2.98. The Kier molecular flexibility index (Phi) is 5.32. The van der Waals surface area contributed by atoms with E-state index in [1.807, 2.05) is 18.2 Å². The normalized spacial score (nSPS) is 23.1. The van der Waals surface area contributed by atoms with Crippen LogP contribution in [0.2, 0.25) is 0 Å². The van der Waals surface area contributed by atoms with E-state index in [1.54, 1.807) is 6.07 Å². The second-order valence-electron chi connectivity index (χ2n) is 5.72. The molecule has 1 amide bonds. The van der Waals surface area contributed by atoms with E-state index >= 15 is 0 Å². The molecule has 1 N–H and O–H groups in total. The third-order valence-electron chi connectivity index (χ3n) is 4.08. The summed E-state index contributed by atoms with van der Waals surface area (Å²) in [6.07, 6.45) is 6.45. The second-order valence-corrected chi connectivity index (χ2v) is 6.24. The Labute approximate surface area is 121 Å². The van der Waals surface area contributed by atoms with Crippen molar-refractivity contribution in [3.63, 3.8) is 0 Å². The lowest BCUT2D eigenvalue weighted by atomic mass is 9.81. The number of hydrogen-bond acceptors (Lipinski definition) is 2. The summed E-state index contributed by atoms with van der Waals surface area (Å²) in [5.41, 5.74) is 0.699. The van der Waals surface area contributed by atoms with Crippen molar-refractivity contribution in [3.8, 4) is 0 Å². The number of carbonyl (C=O) groups excluding carboxylic acids is 1. The molecule has 1 aromatic rings. The molecule has 1 saturated carbocycles. The molecule has 0 unspecified atom stereocenters. The van der Waals surface area contributed by atoms with Gasteiger partial charge in [-0.05, 0) is 36.5 Å². The average molecular weight is 277 g/mol. The zero-order valence-corrected chi connectivity index (χ0v) is 12.5. The van der Waals surface area contributed by atoms with E-state index in [2.05, 4.69) is 24.9 Å². The lowest BCUT2D eigenvalue weighted by Crippen LogP contribution is -2.26. The number of nitrogens with one attached hydrogen (secondary N) is 1. The summed E-state index contributed by atoms with van der Waals surface area (Å²) < 4.78 is 0. The van der Waals surface area contributed by atoms with E-state index in [0.29, 0.717) is 5.56 Å². The smallest absolute Gasteiger partial charge is 0.251 e. The first-order valence-electron chi connectivity index (χ1n) is 7.22. The van der Waals surface area contributed by atoms with Gasteiger partial charge in [-0.15, -0.1) is 12.6 Å². The first-order chi connectivity index (χ1) is 9.15. The predicted molar refractivity (Wildman–Crippen MR) is 81.8 cm³/mol. The molecule has 1 aliphatic carbocycles. The molecule has 0 radical (unpaired) electrons. The zero-order chi connectivity index (χ0) is 13.7. The maximum atomic E-state index is 11.9. The lowest BCUT2D eigenvalue weighted by molar-refractivity contribution is 0.0949. The minimum absolute atomic E-state index is 0.0140. The van der Waals surface area contributed by atoms with Gasteiger partial charge in [-0.2, -0.15) is 0 Å². The van der Waals surface area contributed by atoms with Crippen molar-refractivity contribution in [1.29, 1.82) is 0 Å². The summed E-state index contributed by atoms with van der Waals surface area (Å²) in [5, 5.41) is 3.01. The van der Waals surface area contributed by atoms with Crippen LogP contribution in [0.4, 0.5) is 0 Å². The molecule has 1 fully saturated rings. The summed E-state index contributed by atoms with van der Waals surface area (Å²) in [4.78, 5) is 12.8. The number of carbonyl (C=O) groups is 1. The molecular weight excluding hydrogens is 254 g/mol. The lowest BCUT2D eigenvalue weighted by Gasteiger charge is -2.26. The van der Waals surface area contributed by atoms with Crippen LogP contribution < -0.4 is 5.32 Å². The number of thiol groups is 1. The number of amides is 1. The molecule has 1 aliphatic rings. The molecule has 0 aliphatic heterocycles. The molecular formula is C16H23NOS. The highest BCUT2D eigenvalue weighted by molar-refractivity contribution is 7.80. The molecule has 0 heterocycles. The standard InChI is InChI=1S/C16H23NOS/c1-12-5-7-13(8-6-12)9-10-17-16(18)14-3-2-4-15(19)11-14/h2-4,11-13,19H,5-10H2,1H3,(H,17,18). The Balaban J connectivity index is 1.72. The molecule has 2 nitrogen and oxygen atoms in total. The number of benzene rings is 1. The second kappa shape index (κ2) is 6.99. The summed E-state index contributed by atoms with van der Waals surface area (Å²) in [6.45, 7) is 3.12. The topological polar surface area (TPSA) is 29.1 Å². The van der Waals surface area contributed by atoms with Gasteiger partial charge in [-0.3, -0.25) is 4.79 Å². The van der Waals surface area contributed by atoms with Crippen molar-refractivity contribution in [3.05, 3.63) is 29.8 Å². The zero-order valence-electron chi connectivity index (χ0n) is 11.6. The van der Waals surface area contributed by atoms with Gasteiger partial charge < -0.3 is 5.32 Å². The van der Waals surface area contributed by atoms with Gasteiger partial charge in [0.25, 0.3) is 5.91 Å². The summed E-state index contributed by atoms with van der Waals surface area (Å²) in [6, 6.07) is 7.38. The molecule has 19 heavy (non-hydrogen) atoms. The van der Waals surface area contributed by atoms with Gasteiger partial charge in [0.2, 0.25) is 0 Å². The van der Waals surface area contributed by atoms with Crippen LogP contribution in [0.1, 0.15) is 49.4 Å². The van der Waals surface area contributed by atoms with Crippen molar-refractivity contribution >= 4 is 18.5 Å². The van der Waals surface area contributed by atoms with Crippen LogP contribution >= 0.6 is 12.6 Å². The van der Waals surface area contributed by atoms with Crippen LogP contribution in [0.3, 0.4) is 0 Å². The quantitative estimate of drug-likeness (QED) is 0.802. The van der Waals surface area contributed by atoms with Crippen molar-refractivity contribution < 1.29 is 4.79 Å². The van der Waals surface area contributed by atoms with E-state index in [1.165, 1.54) is 25.7 Å². The Morgan fingerprint density at radius 1 is 1.32 bits per heavy atom. The monoisotopic (exact) mass is 277 g/mol. The molecule has 0 spiro atoms. The van der Waals surface area contributed by atoms with Crippen LogP contribution in [0.25, 0.3) is 0 Å². The molecule has 0 aromatic heterocycles. The molecule has 0 bridgehead atoms. The molecule has 2 rings (SSSR count). The molecule has 1 aromatic carbocycles. The Morgan fingerprint density at radius 3 is 2.74 bits per heavy atom. The van der Waals surface area contributed by atoms with Crippen LogP contribution in [0, 0.1) is 11.8 Å². The van der Waals surface area contributed by atoms with E-state index < -0.39 is 0 Å². The van der Waals surface area contributed by atoms with Gasteiger partial charge in [0.1, 0.15) is 0 Å². The minimum atomic E-state index is 0.0140. The first kappa shape index (κ1) is 14.4. The molecule has 3 heteroatoms. The summed E-state index contributed by atoms with van der Waals surface area (Å²) in [7, 11) is 0. The van der Waals surface area contributed by atoms with E-state index in [9.17, 15) is 4.79 Å². The van der Waals surface area contributed by atoms with Gasteiger partial charge in [-0.1, -0.05) is 38.7 Å². The molecule has 0 saturated heterocycles. The van der Waals surface area contributed by atoms with E-state index in [4.69, 9.17) is 0 Å². The maximum absolute atomic E-state index is 11.9. The third-order valence-corrected chi connectivity index (χ3v) is 4.36. The fourth-order valence-electron chi connectivity index (χ4n) is 2.76. The maximum Gasteiger partial charge on any atom is 0.251 e. The highest BCUT2D eigenvalue weighted by atomic mass is 32.1. The minimum Gasteiger partial charge on any atom is -0.352 e. The summed E-state index contributed by atoms with van der Waals surface area (Å²) in [5.74, 6) is 1.71. The highest BCUT2D eigenvalue weighted by Gasteiger charge is 2.18. The van der Waals surface area contributed by atoms with Gasteiger partial charge in [-0.25, -0.2) is 0 Å². The van der Waals surface area contributed by atoms with Crippen LogP contribution in [0.5, 0.6) is 0 Å². The molecule has 104 valence electrons. The Morgan fingerprint density at radius 2 is 2.05 bits per heavy atom. The van der Waals surface area contributed by atoms with Gasteiger partial charge in [0.05, 0.1) is 0 Å². The van der Waals surface area contributed by atoms with Gasteiger partial charge >= 0.3 is 0 Å². The predicted octanol–water partition coefficient (Wildman–Crippen LogP) is 3.92. The Hall–Kier alpha value is -0.960. The highest BCUT2D eigenvalue weighted by Crippen LogP contribution is 2.29. The van der Waals surface area contributed by atoms with Crippen LogP contribution in [-0.2, 0) is 0 Å². The van der Waals surface area contributed by atoms with Gasteiger partial charge in [0.15, 0.2) is 0 Å². The third kappa shape index (κ3) is 4.57.